The van der Waals surface area contributed by atoms with Gasteiger partial charge in [0, 0.05) is 18.4 Å². The molecule has 3 nitrogen and oxygen atoms in total. The van der Waals surface area contributed by atoms with E-state index in [0.717, 1.165) is 12.0 Å². The van der Waals surface area contributed by atoms with Crippen LogP contribution >= 0.6 is 0 Å². The normalized spacial score (nSPS) is 24.4. The molecule has 1 aromatic heterocycles. The van der Waals surface area contributed by atoms with Crippen LogP contribution in [0, 0.1) is 6.92 Å². The summed E-state index contributed by atoms with van der Waals surface area (Å²) >= 11 is 0. The second kappa shape index (κ2) is 4.60. The van der Waals surface area contributed by atoms with Crippen LogP contribution in [0.5, 0.6) is 0 Å². The maximum atomic E-state index is 12.9. The van der Waals surface area contributed by atoms with E-state index in [1.807, 2.05) is 6.92 Å². The van der Waals surface area contributed by atoms with Crippen molar-refractivity contribution in [2.75, 3.05) is 0 Å². The molecule has 0 spiro atoms. The molecule has 1 heterocycles. The smallest absolute Gasteiger partial charge is 0.253 e. The third-order valence-electron chi connectivity index (χ3n) is 2.84. The number of hydrogen-bond acceptors (Lipinski definition) is 2. The number of carbonyl (C=O) groups is 1. The summed E-state index contributed by atoms with van der Waals surface area (Å²) in [5, 5.41) is 2.83. The average Bonchev–Trinajstić information content (AvgIpc) is 2.64. The van der Waals surface area contributed by atoms with E-state index in [-0.39, 0.29) is 11.9 Å². The molecule has 0 radical (unpaired) electrons. The number of aryl methyl sites for hydroxylation is 1. The van der Waals surface area contributed by atoms with Gasteiger partial charge < -0.3 is 5.32 Å². The first kappa shape index (κ1) is 11.0. The Morgan fingerprint density at radius 2 is 2.31 bits per heavy atom. The highest BCUT2D eigenvalue weighted by Crippen LogP contribution is 2.22. The van der Waals surface area contributed by atoms with Gasteiger partial charge in [-0.05, 0) is 37.8 Å². The molecule has 1 aromatic rings. The van der Waals surface area contributed by atoms with Gasteiger partial charge in [0.05, 0.1) is 5.56 Å². The molecular formula is C12H15FN2O. The lowest BCUT2D eigenvalue weighted by Crippen LogP contribution is -2.33. The summed E-state index contributed by atoms with van der Waals surface area (Å²) in [6, 6.07) is 1.76. The number of nitrogens with one attached hydrogen (secondary N) is 1. The number of pyridine rings is 1. The van der Waals surface area contributed by atoms with E-state index in [2.05, 4.69) is 10.3 Å². The fourth-order valence-electron chi connectivity index (χ4n) is 2.01. The lowest BCUT2D eigenvalue weighted by molar-refractivity contribution is 0.0936. The molecular weight excluding hydrogens is 207 g/mol. The molecule has 1 fully saturated rings. The van der Waals surface area contributed by atoms with Crippen LogP contribution in [0.1, 0.15) is 35.2 Å². The van der Waals surface area contributed by atoms with E-state index in [1.54, 1.807) is 12.3 Å². The molecule has 2 unspecified atom stereocenters. The average molecular weight is 222 g/mol. The van der Waals surface area contributed by atoms with Crippen LogP contribution in [0.3, 0.4) is 0 Å². The van der Waals surface area contributed by atoms with Gasteiger partial charge >= 0.3 is 0 Å². The number of halogens is 1. The van der Waals surface area contributed by atoms with Crippen molar-refractivity contribution < 1.29 is 9.18 Å². The van der Waals surface area contributed by atoms with Crippen molar-refractivity contribution in [3.63, 3.8) is 0 Å². The summed E-state index contributed by atoms with van der Waals surface area (Å²) in [6.07, 6.45) is 4.18. The summed E-state index contributed by atoms with van der Waals surface area (Å²) in [6.45, 7) is 1.89. The van der Waals surface area contributed by atoms with E-state index < -0.39 is 6.17 Å². The summed E-state index contributed by atoms with van der Waals surface area (Å²) < 4.78 is 12.9. The molecule has 0 aliphatic heterocycles. The molecule has 0 bridgehead atoms. The molecule has 1 saturated carbocycles. The maximum Gasteiger partial charge on any atom is 0.253 e. The minimum absolute atomic E-state index is 0.0250. The lowest BCUT2D eigenvalue weighted by Gasteiger charge is -2.11. The molecule has 0 aromatic carbocycles. The van der Waals surface area contributed by atoms with Crippen LogP contribution in [0.25, 0.3) is 0 Å². The number of carbonyl (C=O) groups excluding carboxylic acids is 1. The zero-order valence-corrected chi connectivity index (χ0v) is 9.24. The number of nitrogens with zero attached hydrogens (tertiary/aromatic N) is 1. The van der Waals surface area contributed by atoms with Crippen molar-refractivity contribution in [3.05, 3.63) is 29.6 Å². The molecule has 0 saturated heterocycles. The van der Waals surface area contributed by atoms with Crippen molar-refractivity contribution in [2.24, 2.45) is 0 Å². The summed E-state index contributed by atoms with van der Waals surface area (Å²) in [7, 11) is 0. The Labute approximate surface area is 94.1 Å². The van der Waals surface area contributed by atoms with E-state index in [1.165, 1.54) is 6.20 Å². The van der Waals surface area contributed by atoms with E-state index in [0.29, 0.717) is 18.4 Å². The van der Waals surface area contributed by atoms with Gasteiger partial charge in [-0.2, -0.15) is 0 Å². The number of hydrogen-bond donors (Lipinski definition) is 1. The third kappa shape index (κ3) is 2.56. The van der Waals surface area contributed by atoms with E-state index in [4.69, 9.17) is 0 Å². The Balaban J connectivity index is 1.98. The van der Waals surface area contributed by atoms with Crippen LogP contribution < -0.4 is 5.32 Å². The quantitative estimate of drug-likeness (QED) is 0.831. The fourth-order valence-corrected chi connectivity index (χ4v) is 2.01. The van der Waals surface area contributed by atoms with Gasteiger partial charge in [-0.15, -0.1) is 0 Å². The third-order valence-corrected chi connectivity index (χ3v) is 2.84. The highest BCUT2D eigenvalue weighted by molar-refractivity contribution is 5.94. The Morgan fingerprint density at radius 1 is 1.50 bits per heavy atom. The van der Waals surface area contributed by atoms with Gasteiger partial charge in [-0.1, -0.05) is 0 Å². The van der Waals surface area contributed by atoms with Crippen LogP contribution in [0.4, 0.5) is 4.39 Å². The second-order valence-corrected chi connectivity index (χ2v) is 4.33. The number of amides is 1. The molecule has 1 N–H and O–H groups in total. The fraction of sp³-hybridized carbons (Fsp3) is 0.500. The lowest BCUT2D eigenvalue weighted by atomic mass is 10.2. The van der Waals surface area contributed by atoms with Crippen LogP contribution in [0.2, 0.25) is 0 Å². The molecule has 2 rings (SSSR count). The molecule has 1 amide bonds. The predicted molar refractivity (Wildman–Crippen MR) is 59.0 cm³/mol. The van der Waals surface area contributed by atoms with Crippen molar-refractivity contribution in [1.82, 2.24) is 10.3 Å². The zero-order valence-electron chi connectivity index (χ0n) is 9.24. The van der Waals surface area contributed by atoms with Crippen molar-refractivity contribution in [3.8, 4) is 0 Å². The first-order valence-electron chi connectivity index (χ1n) is 5.52. The van der Waals surface area contributed by atoms with E-state index >= 15 is 0 Å². The van der Waals surface area contributed by atoms with Gasteiger partial charge in [0.15, 0.2) is 0 Å². The Kier molecular flexibility index (Phi) is 3.17. The summed E-state index contributed by atoms with van der Waals surface area (Å²) in [4.78, 5) is 15.7. The maximum absolute atomic E-state index is 12.9. The SMILES string of the molecule is Cc1cncc(C(=O)NC2CCC(F)C2)c1. The molecule has 4 heteroatoms. The van der Waals surface area contributed by atoms with Gasteiger partial charge in [-0.25, -0.2) is 4.39 Å². The molecule has 1 aliphatic carbocycles. The largest absolute Gasteiger partial charge is 0.349 e. The van der Waals surface area contributed by atoms with Crippen molar-refractivity contribution in [2.45, 2.75) is 38.4 Å². The van der Waals surface area contributed by atoms with E-state index in [9.17, 15) is 9.18 Å². The molecule has 86 valence electrons. The van der Waals surface area contributed by atoms with Crippen molar-refractivity contribution >= 4 is 5.91 Å². The topological polar surface area (TPSA) is 42.0 Å². The number of alkyl halides is 1. The number of rotatable bonds is 2. The van der Waals surface area contributed by atoms with Crippen LogP contribution in [-0.4, -0.2) is 23.1 Å². The van der Waals surface area contributed by atoms with Gasteiger partial charge in [0.25, 0.3) is 5.91 Å². The zero-order chi connectivity index (χ0) is 11.5. The first-order valence-corrected chi connectivity index (χ1v) is 5.52. The highest BCUT2D eigenvalue weighted by atomic mass is 19.1. The minimum atomic E-state index is -0.763. The van der Waals surface area contributed by atoms with Crippen molar-refractivity contribution in [1.29, 1.82) is 0 Å². The molecule has 1 aliphatic rings. The summed E-state index contributed by atoms with van der Waals surface area (Å²) in [5.74, 6) is -0.157. The highest BCUT2D eigenvalue weighted by Gasteiger charge is 2.25. The van der Waals surface area contributed by atoms with Gasteiger partial charge in [0.1, 0.15) is 6.17 Å². The standard InChI is InChI=1S/C12H15FN2O/c1-8-4-9(7-14-6-8)12(16)15-11-3-2-10(13)5-11/h4,6-7,10-11H,2-3,5H2,1H3,(H,15,16). The van der Waals surface area contributed by atoms with Crippen LogP contribution in [-0.2, 0) is 0 Å². The predicted octanol–water partition coefficient (Wildman–Crippen LogP) is 2.01. The summed E-state index contributed by atoms with van der Waals surface area (Å²) in [5.41, 5.74) is 1.49. The van der Waals surface area contributed by atoms with Crippen LogP contribution in [0.15, 0.2) is 18.5 Å². The molecule has 16 heavy (non-hydrogen) atoms. The first-order chi connectivity index (χ1) is 7.65. The monoisotopic (exact) mass is 222 g/mol. The minimum Gasteiger partial charge on any atom is -0.349 e. The second-order valence-electron chi connectivity index (χ2n) is 4.33. The Bertz CT molecular complexity index is 394. The Morgan fingerprint density at radius 3 is 2.94 bits per heavy atom. The van der Waals surface area contributed by atoms with Gasteiger partial charge in [-0.3, -0.25) is 9.78 Å². The van der Waals surface area contributed by atoms with Gasteiger partial charge in [0.2, 0.25) is 0 Å². The molecule has 2 atom stereocenters. The number of aromatic nitrogens is 1. The Hall–Kier alpha value is -1.45.